The number of amides is 1. The highest BCUT2D eigenvalue weighted by atomic mass is 19.2. The molecule has 0 atom stereocenters. The number of benzene rings is 2. The van der Waals surface area contributed by atoms with E-state index in [0.717, 1.165) is 12.1 Å². The molecule has 0 spiro atoms. The van der Waals surface area contributed by atoms with Crippen LogP contribution in [0, 0.1) is 11.6 Å². The second-order valence-corrected chi connectivity index (χ2v) is 4.60. The molecular weight excluding hydrogens is 306 g/mol. The molecule has 0 saturated carbocycles. The lowest BCUT2D eigenvalue weighted by Gasteiger charge is -2.11. The van der Waals surface area contributed by atoms with Gasteiger partial charge in [0, 0.05) is 23.5 Å². The second-order valence-electron chi connectivity index (χ2n) is 4.60. The van der Waals surface area contributed by atoms with Gasteiger partial charge in [0.05, 0.1) is 20.8 Å². The van der Waals surface area contributed by atoms with E-state index in [2.05, 4.69) is 10.6 Å². The third-order valence-corrected chi connectivity index (χ3v) is 3.04. The molecule has 2 aromatic carbocycles. The van der Waals surface area contributed by atoms with Crippen molar-refractivity contribution < 1.29 is 23.0 Å². The number of halogens is 2. The molecule has 0 unspecified atom stereocenters. The molecule has 0 aliphatic carbocycles. The standard InChI is InChI=1S/C16H16F2N2O3/c1-22-14-6-4-10(8-15(14)23-2)19-9-16(21)20-11-3-5-12(17)13(18)7-11/h3-8,19H,9H2,1-2H3,(H,20,21). The van der Waals surface area contributed by atoms with Crippen molar-refractivity contribution in [2.45, 2.75) is 0 Å². The fourth-order valence-corrected chi connectivity index (χ4v) is 1.91. The maximum Gasteiger partial charge on any atom is 0.243 e. The van der Waals surface area contributed by atoms with Gasteiger partial charge >= 0.3 is 0 Å². The van der Waals surface area contributed by atoms with Crippen molar-refractivity contribution in [1.82, 2.24) is 0 Å². The lowest BCUT2D eigenvalue weighted by molar-refractivity contribution is -0.114. The highest BCUT2D eigenvalue weighted by Gasteiger charge is 2.08. The zero-order valence-electron chi connectivity index (χ0n) is 12.7. The first kappa shape index (κ1) is 16.5. The van der Waals surface area contributed by atoms with Crippen LogP contribution in [-0.2, 0) is 4.79 Å². The Bertz CT molecular complexity index is 708. The molecule has 122 valence electrons. The summed E-state index contributed by atoms with van der Waals surface area (Å²) >= 11 is 0. The summed E-state index contributed by atoms with van der Waals surface area (Å²) in [6.07, 6.45) is 0. The molecule has 0 heterocycles. The average molecular weight is 322 g/mol. The van der Waals surface area contributed by atoms with E-state index in [-0.39, 0.29) is 12.2 Å². The van der Waals surface area contributed by atoms with Gasteiger partial charge in [-0.25, -0.2) is 8.78 Å². The third-order valence-electron chi connectivity index (χ3n) is 3.04. The minimum atomic E-state index is -1.02. The van der Waals surface area contributed by atoms with Crippen LogP contribution in [0.5, 0.6) is 11.5 Å². The molecule has 7 heteroatoms. The Kier molecular flexibility index (Phi) is 5.35. The largest absolute Gasteiger partial charge is 0.493 e. The van der Waals surface area contributed by atoms with Crippen molar-refractivity contribution in [3.63, 3.8) is 0 Å². The van der Waals surface area contributed by atoms with Gasteiger partial charge < -0.3 is 20.1 Å². The van der Waals surface area contributed by atoms with Gasteiger partial charge in [-0.05, 0) is 24.3 Å². The summed E-state index contributed by atoms with van der Waals surface area (Å²) in [6, 6.07) is 8.27. The van der Waals surface area contributed by atoms with Crippen LogP contribution in [-0.4, -0.2) is 26.7 Å². The van der Waals surface area contributed by atoms with Crippen LogP contribution in [0.1, 0.15) is 0 Å². The van der Waals surface area contributed by atoms with Crippen molar-refractivity contribution in [3.05, 3.63) is 48.0 Å². The summed E-state index contributed by atoms with van der Waals surface area (Å²) in [6.45, 7) is -0.0471. The Morgan fingerprint density at radius 2 is 1.65 bits per heavy atom. The number of methoxy groups -OCH3 is 2. The molecular formula is C16H16F2N2O3. The van der Waals surface area contributed by atoms with E-state index in [4.69, 9.17) is 9.47 Å². The van der Waals surface area contributed by atoms with Gasteiger partial charge in [-0.1, -0.05) is 0 Å². The molecule has 0 radical (unpaired) electrons. The molecule has 0 bridgehead atoms. The lowest BCUT2D eigenvalue weighted by Crippen LogP contribution is -2.21. The highest BCUT2D eigenvalue weighted by molar-refractivity contribution is 5.93. The first-order chi connectivity index (χ1) is 11.0. The molecule has 0 aromatic heterocycles. The van der Waals surface area contributed by atoms with Crippen molar-refractivity contribution in [2.75, 3.05) is 31.4 Å². The number of rotatable bonds is 6. The van der Waals surface area contributed by atoms with Gasteiger partial charge in [0.25, 0.3) is 0 Å². The van der Waals surface area contributed by atoms with Crippen molar-refractivity contribution in [3.8, 4) is 11.5 Å². The average Bonchev–Trinajstić information content (AvgIpc) is 2.56. The van der Waals surface area contributed by atoms with Gasteiger partial charge in [0.15, 0.2) is 23.1 Å². The molecule has 1 amide bonds. The highest BCUT2D eigenvalue weighted by Crippen LogP contribution is 2.29. The number of ether oxygens (including phenoxy) is 2. The fourth-order valence-electron chi connectivity index (χ4n) is 1.91. The second kappa shape index (κ2) is 7.44. The van der Waals surface area contributed by atoms with Crippen LogP contribution in [0.2, 0.25) is 0 Å². The maximum atomic E-state index is 13.1. The monoisotopic (exact) mass is 322 g/mol. The molecule has 0 saturated heterocycles. The SMILES string of the molecule is COc1ccc(NCC(=O)Nc2ccc(F)c(F)c2)cc1OC. The third kappa shape index (κ3) is 4.32. The number of anilines is 2. The summed E-state index contributed by atoms with van der Waals surface area (Å²) in [5, 5.41) is 5.37. The minimum absolute atomic E-state index is 0.0471. The summed E-state index contributed by atoms with van der Waals surface area (Å²) < 4.78 is 36.2. The van der Waals surface area contributed by atoms with E-state index in [9.17, 15) is 13.6 Å². The molecule has 0 aliphatic heterocycles. The molecule has 23 heavy (non-hydrogen) atoms. The maximum absolute atomic E-state index is 13.1. The van der Waals surface area contributed by atoms with Gasteiger partial charge in [-0.2, -0.15) is 0 Å². The van der Waals surface area contributed by atoms with E-state index < -0.39 is 17.5 Å². The first-order valence-electron chi connectivity index (χ1n) is 6.74. The predicted octanol–water partition coefficient (Wildman–Crippen LogP) is 3.03. The number of nitrogens with one attached hydrogen (secondary N) is 2. The van der Waals surface area contributed by atoms with Crippen LogP contribution in [0.15, 0.2) is 36.4 Å². The Balaban J connectivity index is 1.95. The van der Waals surface area contributed by atoms with Gasteiger partial charge in [-0.15, -0.1) is 0 Å². The van der Waals surface area contributed by atoms with Crippen molar-refractivity contribution >= 4 is 17.3 Å². The summed E-state index contributed by atoms with van der Waals surface area (Å²) in [5.41, 5.74) is 0.839. The molecule has 2 N–H and O–H groups in total. The molecule has 5 nitrogen and oxygen atoms in total. The van der Waals surface area contributed by atoms with Crippen LogP contribution in [0.3, 0.4) is 0 Å². The van der Waals surface area contributed by atoms with Gasteiger partial charge in [-0.3, -0.25) is 4.79 Å². The van der Waals surface area contributed by atoms with E-state index in [1.165, 1.54) is 20.3 Å². The summed E-state index contributed by atoms with van der Waals surface area (Å²) in [7, 11) is 3.04. The van der Waals surface area contributed by atoms with Crippen molar-refractivity contribution in [2.24, 2.45) is 0 Å². The quantitative estimate of drug-likeness (QED) is 0.858. The number of hydrogen-bond donors (Lipinski definition) is 2. The Morgan fingerprint density at radius 3 is 2.30 bits per heavy atom. The van der Waals surface area contributed by atoms with Gasteiger partial charge in [0.1, 0.15) is 0 Å². The van der Waals surface area contributed by atoms with Gasteiger partial charge in [0.2, 0.25) is 5.91 Å². The Hall–Kier alpha value is -2.83. The molecule has 0 aliphatic rings. The molecule has 2 aromatic rings. The van der Waals surface area contributed by atoms with Crippen LogP contribution >= 0.6 is 0 Å². The summed E-state index contributed by atoms with van der Waals surface area (Å²) in [5.74, 6) is -1.28. The molecule has 0 fully saturated rings. The molecule has 2 rings (SSSR count). The van der Waals surface area contributed by atoms with Crippen LogP contribution in [0.25, 0.3) is 0 Å². The fraction of sp³-hybridized carbons (Fsp3) is 0.188. The zero-order valence-corrected chi connectivity index (χ0v) is 12.7. The normalized spacial score (nSPS) is 10.1. The Morgan fingerprint density at radius 1 is 0.957 bits per heavy atom. The van der Waals surface area contributed by atoms with E-state index >= 15 is 0 Å². The van der Waals surface area contributed by atoms with Crippen LogP contribution < -0.4 is 20.1 Å². The predicted molar refractivity (Wildman–Crippen MR) is 83.0 cm³/mol. The lowest BCUT2D eigenvalue weighted by atomic mass is 10.2. The minimum Gasteiger partial charge on any atom is -0.493 e. The van der Waals surface area contributed by atoms with E-state index in [0.29, 0.717) is 17.2 Å². The van der Waals surface area contributed by atoms with Crippen LogP contribution in [0.4, 0.5) is 20.2 Å². The number of hydrogen-bond acceptors (Lipinski definition) is 4. The number of carbonyl (C=O) groups excluding carboxylic acids is 1. The Labute approximate surface area is 132 Å². The summed E-state index contributed by atoms with van der Waals surface area (Å²) in [4.78, 5) is 11.8. The topological polar surface area (TPSA) is 59.6 Å². The van der Waals surface area contributed by atoms with E-state index in [1.54, 1.807) is 18.2 Å². The van der Waals surface area contributed by atoms with E-state index in [1.807, 2.05) is 0 Å². The van der Waals surface area contributed by atoms with Crippen molar-refractivity contribution in [1.29, 1.82) is 0 Å². The first-order valence-corrected chi connectivity index (χ1v) is 6.74. The smallest absolute Gasteiger partial charge is 0.243 e. The number of carbonyl (C=O) groups is 1. The zero-order chi connectivity index (χ0) is 16.8.